The van der Waals surface area contributed by atoms with Gasteiger partial charge in [0.05, 0.1) is 12.3 Å². The largest absolute Gasteiger partial charge is 0.339 e. The first kappa shape index (κ1) is 11.5. The second kappa shape index (κ2) is 4.38. The number of thiazole rings is 1. The summed E-state index contributed by atoms with van der Waals surface area (Å²) in [6.45, 7) is 2.00. The Morgan fingerprint density at radius 2 is 2.37 bits per heavy atom. The number of hydrogen-bond donors (Lipinski definition) is 1. The minimum absolute atomic E-state index is 0.415. The molecule has 4 heterocycles. The minimum Gasteiger partial charge on any atom is -0.339 e. The number of nitrogens with one attached hydrogen (secondary N) is 1. The smallest absolute Gasteiger partial charge is 0.231 e. The average Bonchev–Trinajstić information content (AvgIpc) is 3.13. The van der Waals surface area contributed by atoms with E-state index in [1.165, 1.54) is 12.8 Å². The summed E-state index contributed by atoms with van der Waals surface area (Å²) < 4.78 is 5.46. The fourth-order valence-electron chi connectivity index (χ4n) is 3.21. The van der Waals surface area contributed by atoms with Crippen molar-refractivity contribution < 1.29 is 4.52 Å². The van der Waals surface area contributed by atoms with Gasteiger partial charge in [-0.15, -0.1) is 11.3 Å². The van der Waals surface area contributed by atoms with Gasteiger partial charge in [0.25, 0.3) is 0 Å². The molecule has 19 heavy (non-hydrogen) atoms. The fourth-order valence-corrected chi connectivity index (χ4v) is 3.97. The number of aryl methyl sites for hydroxylation is 1. The third kappa shape index (κ3) is 2.08. The number of aromatic nitrogens is 3. The summed E-state index contributed by atoms with van der Waals surface area (Å²) >= 11 is 1.65. The molecule has 3 atom stereocenters. The Hall–Kier alpha value is -1.27. The molecule has 2 aromatic heterocycles. The first-order valence-corrected chi connectivity index (χ1v) is 7.65. The van der Waals surface area contributed by atoms with E-state index in [1.807, 2.05) is 6.92 Å². The van der Waals surface area contributed by atoms with Crippen molar-refractivity contribution in [1.29, 1.82) is 0 Å². The molecular formula is C13H16N4OS. The molecule has 0 radical (unpaired) electrons. The van der Waals surface area contributed by atoms with Crippen molar-refractivity contribution >= 4 is 11.3 Å². The van der Waals surface area contributed by atoms with Crippen LogP contribution in [0.25, 0.3) is 0 Å². The molecule has 1 N–H and O–H groups in total. The van der Waals surface area contributed by atoms with Gasteiger partial charge in [-0.25, -0.2) is 4.98 Å². The first-order chi connectivity index (χ1) is 9.28. The zero-order valence-electron chi connectivity index (χ0n) is 10.8. The Balaban J connectivity index is 1.50. The zero-order chi connectivity index (χ0) is 12.8. The van der Waals surface area contributed by atoms with Crippen molar-refractivity contribution in [2.75, 3.05) is 0 Å². The molecule has 2 aliphatic rings. The van der Waals surface area contributed by atoms with Crippen LogP contribution in [0, 0.1) is 6.92 Å². The van der Waals surface area contributed by atoms with Crippen molar-refractivity contribution in [3.63, 3.8) is 0 Å². The van der Waals surface area contributed by atoms with Crippen molar-refractivity contribution in [2.24, 2.45) is 0 Å². The van der Waals surface area contributed by atoms with E-state index >= 15 is 0 Å². The van der Waals surface area contributed by atoms with Crippen LogP contribution in [0.2, 0.25) is 0 Å². The minimum atomic E-state index is 0.415. The van der Waals surface area contributed by atoms with Crippen molar-refractivity contribution in [2.45, 2.75) is 50.6 Å². The Bertz CT molecular complexity index is 593. The summed E-state index contributed by atoms with van der Waals surface area (Å²) in [5, 5.41) is 10.8. The molecule has 0 aromatic carbocycles. The van der Waals surface area contributed by atoms with Crippen LogP contribution in [0.5, 0.6) is 0 Å². The highest BCUT2D eigenvalue weighted by molar-refractivity contribution is 7.09. The van der Waals surface area contributed by atoms with Crippen LogP contribution in [0.15, 0.2) is 9.90 Å². The SMILES string of the molecule is Cc1csc(Cc2noc(C3CC4CCC3N4)n2)n1. The molecule has 100 valence electrons. The normalized spacial score (nSPS) is 29.2. The van der Waals surface area contributed by atoms with E-state index in [9.17, 15) is 0 Å². The topological polar surface area (TPSA) is 63.8 Å². The number of nitrogens with zero attached hydrogens (tertiary/aromatic N) is 3. The van der Waals surface area contributed by atoms with Crippen LogP contribution >= 0.6 is 11.3 Å². The highest BCUT2D eigenvalue weighted by atomic mass is 32.1. The summed E-state index contributed by atoms with van der Waals surface area (Å²) in [6.07, 6.45) is 4.35. The summed E-state index contributed by atoms with van der Waals surface area (Å²) in [5.74, 6) is 1.98. The Morgan fingerprint density at radius 1 is 1.42 bits per heavy atom. The van der Waals surface area contributed by atoms with E-state index in [0.717, 1.165) is 28.8 Å². The monoisotopic (exact) mass is 276 g/mol. The van der Waals surface area contributed by atoms with Gasteiger partial charge in [-0.05, 0) is 26.2 Å². The molecule has 4 rings (SSSR count). The lowest BCUT2D eigenvalue weighted by Gasteiger charge is -2.15. The molecule has 2 fully saturated rings. The highest BCUT2D eigenvalue weighted by Crippen LogP contribution is 2.39. The van der Waals surface area contributed by atoms with Gasteiger partial charge in [0, 0.05) is 23.2 Å². The van der Waals surface area contributed by atoms with Gasteiger partial charge in [-0.2, -0.15) is 4.98 Å². The lowest BCUT2D eigenvalue weighted by atomic mass is 9.89. The predicted molar refractivity (Wildman–Crippen MR) is 71.3 cm³/mol. The molecular weight excluding hydrogens is 260 g/mol. The maximum Gasteiger partial charge on any atom is 0.231 e. The summed E-state index contributed by atoms with van der Waals surface area (Å²) in [4.78, 5) is 9.00. The Morgan fingerprint density at radius 3 is 3.05 bits per heavy atom. The van der Waals surface area contributed by atoms with Crippen LogP contribution in [0.1, 0.15) is 47.6 Å². The number of fused-ring (bicyclic) bond motifs is 2. The predicted octanol–water partition coefficient (Wildman–Crippen LogP) is 2.03. The van der Waals surface area contributed by atoms with Gasteiger partial charge in [-0.3, -0.25) is 0 Å². The molecule has 0 saturated carbocycles. The molecule has 0 aliphatic carbocycles. The first-order valence-electron chi connectivity index (χ1n) is 6.77. The van der Waals surface area contributed by atoms with Gasteiger partial charge >= 0.3 is 0 Å². The van der Waals surface area contributed by atoms with E-state index in [2.05, 4.69) is 25.8 Å². The third-order valence-corrected chi connectivity index (χ3v) is 5.04. The molecule has 5 nitrogen and oxygen atoms in total. The summed E-state index contributed by atoms with van der Waals surface area (Å²) in [5.41, 5.74) is 1.06. The molecule has 2 aliphatic heterocycles. The van der Waals surface area contributed by atoms with Crippen LogP contribution in [-0.4, -0.2) is 27.2 Å². The van der Waals surface area contributed by atoms with Gasteiger partial charge in [-0.1, -0.05) is 5.16 Å². The van der Waals surface area contributed by atoms with Crippen molar-refractivity contribution in [1.82, 2.24) is 20.4 Å². The maximum atomic E-state index is 5.46. The fraction of sp³-hybridized carbons (Fsp3) is 0.615. The zero-order valence-corrected chi connectivity index (χ0v) is 11.6. The summed E-state index contributed by atoms with van der Waals surface area (Å²) in [7, 11) is 0. The van der Waals surface area contributed by atoms with E-state index in [-0.39, 0.29) is 0 Å². The third-order valence-electron chi connectivity index (χ3n) is 4.08. The van der Waals surface area contributed by atoms with Gasteiger partial charge in [0.2, 0.25) is 5.89 Å². The number of hydrogen-bond acceptors (Lipinski definition) is 6. The van der Waals surface area contributed by atoms with E-state index < -0.39 is 0 Å². The molecule has 2 aromatic rings. The summed E-state index contributed by atoms with van der Waals surface area (Å²) in [6, 6.07) is 1.20. The lowest BCUT2D eigenvalue weighted by molar-refractivity contribution is 0.327. The van der Waals surface area contributed by atoms with Crippen LogP contribution in [0.3, 0.4) is 0 Å². The Kier molecular flexibility index (Phi) is 2.66. The van der Waals surface area contributed by atoms with E-state index in [1.54, 1.807) is 11.3 Å². The van der Waals surface area contributed by atoms with E-state index in [4.69, 9.17) is 4.52 Å². The standard InChI is InChI=1S/C13H16N4OS/c1-7-6-19-12(14-7)5-11-16-13(18-17-11)9-4-8-2-3-10(9)15-8/h6,8-10,15H,2-5H2,1H3. The van der Waals surface area contributed by atoms with Crippen LogP contribution in [0.4, 0.5) is 0 Å². The van der Waals surface area contributed by atoms with Crippen molar-refractivity contribution in [3.8, 4) is 0 Å². The van der Waals surface area contributed by atoms with E-state index in [0.29, 0.717) is 24.4 Å². The quantitative estimate of drug-likeness (QED) is 0.929. The van der Waals surface area contributed by atoms with Crippen LogP contribution in [-0.2, 0) is 6.42 Å². The van der Waals surface area contributed by atoms with Gasteiger partial charge < -0.3 is 9.84 Å². The average molecular weight is 276 g/mol. The molecule has 0 amide bonds. The van der Waals surface area contributed by atoms with Crippen molar-refractivity contribution in [3.05, 3.63) is 27.8 Å². The molecule has 0 spiro atoms. The molecule has 2 saturated heterocycles. The lowest BCUT2D eigenvalue weighted by Crippen LogP contribution is -2.21. The highest BCUT2D eigenvalue weighted by Gasteiger charge is 2.42. The molecule has 2 bridgehead atoms. The van der Waals surface area contributed by atoms with Gasteiger partial charge in [0.15, 0.2) is 5.82 Å². The maximum absolute atomic E-state index is 5.46. The molecule has 3 unspecified atom stereocenters. The van der Waals surface area contributed by atoms with Gasteiger partial charge in [0.1, 0.15) is 5.01 Å². The Labute approximate surface area is 115 Å². The second-order valence-electron chi connectivity index (χ2n) is 5.50. The second-order valence-corrected chi connectivity index (χ2v) is 6.44. The number of rotatable bonds is 3. The van der Waals surface area contributed by atoms with Crippen LogP contribution < -0.4 is 5.32 Å². The molecule has 6 heteroatoms.